The summed E-state index contributed by atoms with van der Waals surface area (Å²) in [6.07, 6.45) is 0. The molecule has 4 nitrogen and oxygen atoms in total. The summed E-state index contributed by atoms with van der Waals surface area (Å²) >= 11 is 3.23. The molecule has 0 aliphatic carbocycles. The van der Waals surface area contributed by atoms with Crippen LogP contribution in [0.15, 0.2) is 22.7 Å². The molecular formula is C11H11BrO4. The second kappa shape index (κ2) is 5.65. The van der Waals surface area contributed by atoms with Crippen molar-refractivity contribution >= 4 is 27.9 Å². The smallest absolute Gasteiger partial charge is 0.341 e. The van der Waals surface area contributed by atoms with E-state index < -0.39 is 11.9 Å². The van der Waals surface area contributed by atoms with Crippen LogP contribution in [0.5, 0.6) is 5.75 Å². The van der Waals surface area contributed by atoms with Gasteiger partial charge in [0.25, 0.3) is 0 Å². The van der Waals surface area contributed by atoms with E-state index in [-0.39, 0.29) is 17.9 Å². The molecule has 0 aliphatic rings. The van der Waals surface area contributed by atoms with Crippen molar-refractivity contribution in [3.05, 3.63) is 28.2 Å². The molecule has 0 amide bonds. The first kappa shape index (κ1) is 12.7. The Labute approximate surface area is 102 Å². The van der Waals surface area contributed by atoms with E-state index in [1.807, 2.05) is 0 Å². The molecule has 0 bridgehead atoms. The van der Waals surface area contributed by atoms with Crippen molar-refractivity contribution in [2.24, 2.45) is 0 Å². The van der Waals surface area contributed by atoms with E-state index in [0.29, 0.717) is 0 Å². The van der Waals surface area contributed by atoms with Crippen molar-refractivity contribution in [2.75, 3.05) is 6.61 Å². The third-order valence-electron chi connectivity index (χ3n) is 1.69. The van der Waals surface area contributed by atoms with Crippen molar-refractivity contribution in [1.82, 2.24) is 0 Å². The Bertz CT molecular complexity index is 414. The molecule has 86 valence electrons. The summed E-state index contributed by atoms with van der Waals surface area (Å²) in [5.74, 6) is -0.796. The Hall–Kier alpha value is -1.36. The molecule has 0 spiro atoms. The van der Waals surface area contributed by atoms with Crippen LogP contribution in [0.3, 0.4) is 0 Å². The zero-order valence-corrected chi connectivity index (χ0v) is 10.5. The molecule has 5 heteroatoms. The zero-order chi connectivity index (χ0) is 12.1. The maximum atomic E-state index is 11.5. The average Bonchev–Trinajstić information content (AvgIpc) is 2.16. The Kier molecular flexibility index (Phi) is 4.49. The zero-order valence-electron chi connectivity index (χ0n) is 8.95. The van der Waals surface area contributed by atoms with Crippen molar-refractivity contribution in [1.29, 1.82) is 0 Å². The van der Waals surface area contributed by atoms with E-state index in [9.17, 15) is 9.59 Å². The van der Waals surface area contributed by atoms with E-state index >= 15 is 0 Å². The predicted octanol–water partition coefficient (Wildman–Crippen LogP) is 2.55. The summed E-state index contributed by atoms with van der Waals surface area (Å²) in [7, 11) is 0. The number of rotatable bonds is 3. The van der Waals surface area contributed by atoms with E-state index in [2.05, 4.69) is 15.9 Å². The maximum Gasteiger partial charge on any atom is 0.341 e. The fourth-order valence-corrected chi connectivity index (χ4v) is 1.45. The van der Waals surface area contributed by atoms with Crippen LogP contribution in [0.4, 0.5) is 0 Å². The summed E-state index contributed by atoms with van der Waals surface area (Å²) < 4.78 is 10.5. The van der Waals surface area contributed by atoms with Gasteiger partial charge in [-0.25, -0.2) is 4.79 Å². The molecule has 1 rings (SSSR count). The van der Waals surface area contributed by atoms with Crippen LogP contribution in [-0.4, -0.2) is 18.5 Å². The van der Waals surface area contributed by atoms with Crippen molar-refractivity contribution in [2.45, 2.75) is 13.8 Å². The molecule has 0 saturated carbocycles. The molecule has 0 N–H and O–H groups in total. The molecule has 0 unspecified atom stereocenters. The van der Waals surface area contributed by atoms with Gasteiger partial charge in [-0.05, 0) is 25.1 Å². The average molecular weight is 287 g/mol. The number of carbonyl (C=O) groups is 2. The lowest BCUT2D eigenvalue weighted by molar-refractivity contribution is -0.131. The molecule has 16 heavy (non-hydrogen) atoms. The van der Waals surface area contributed by atoms with Crippen LogP contribution in [0, 0.1) is 0 Å². The van der Waals surface area contributed by atoms with Gasteiger partial charge >= 0.3 is 11.9 Å². The van der Waals surface area contributed by atoms with Gasteiger partial charge in [0.1, 0.15) is 11.3 Å². The van der Waals surface area contributed by atoms with Gasteiger partial charge in [0, 0.05) is 11.4 Å². The van der Waals surface area contributed by atoms with Crippen LogP contribution in [0.1, 0.15) is 24.2 Å². The van der Waals surface area contributed by atoms with E-state index in [0.717, 1.165) is 4.47 Å². The number of hydrogen-bond donors (Lipinski definition) is 0. The normalized spacial score (nSPS) is 9.69. The van der Waals surface area contributed by atoms with Crippen LogP contribution < -0.4 is 4.74 Å². The topological polar surface area (TPSA) is 52.6 Å². The molecule has 0 saturated heterocycles. The first-order valence-corrected chi connectivity index (χ1v) is 5.49. The monoisotopic (exact) mass is 286 g/mol. The molecule has 0 radical (unpaired) electrons. The van der Waals surface area contributed by atoms with E-state index in [1.54, 1.807) is 25.1 Å². The fourth-order valence-electron chi connectivity index (χ4n) is 1.11. The Morgan fingerprint density at radius 3 is 2.62 bits per heavy atom. The lowest BCUT2D eigenvalue weighted by atomic mass is 10.2. The Balaban J connectivity index is 3.06. The lowest BCUT2D eigenvalue weighted by Gasteiger charge is -2.08. The summed E-state index contributed by atoms with van der Waals surface area (Å²) in [6, 6.07) is 4.77. The van der Waals surface area contributed by atoms with Crippen molar-refractivity contribution in [3.63, 3.8) is 0 Å². The molecule has 0 fully saturated rings. The van der Waals surface area contributed by atoms with Crippen molar-refractivity contribution < 1.29 is 19.1 Å². The largest absolute Gasteiger partial charge is 0.462 e. The van der Waals surface area contributed by atoms with Gasteiger partial charge in [-0.3, -0.25) is 4.79 Å². The second-order valence-electron chi connectivity index (χ2n) is 2.95. The highest BCUT2D eigenvalue weighted by Crippen LogP contribution is 2.24. The predicted molar refractivity (Wildman–Crippen MR) is 61.4 cm³/mol. The quantitative estimate of drug-likeness (QED) is 0.633. The van der Waals surface area contributed by atoms with Gasteiger partial charge in [-0.1, -0.05) is 15.9 Å². The molecule has 0 aromatic heterocycles. The SMILES string of the molecule is CCOC(=O)c1ccc(Br)cc1OC(C)=O. The van der Waals surface area contributed by atoms with Gasteiger partial charge in [-0.2, -0.15) is 0 Å². The summed E-state index contributed by atoms with van der Waals surface area (Å²) in [6.45, 7) is 3.26. The lowest BCUT2D eigenvalue weighted by Crippen LogP contribution is -2.10. The molecule has 1 aromatic carbocycles. The van der Waals surface area contributed by atoms with Gasteiger partial charge in [-0.15, -0.1) is 0 Å². The van der Waals surface area contributed by atoms with Crippen LogP contribution in [0.2, 0.25) is 0 Å². The van der Waals surface area contributed by atoms with Gasteiger partial charge < -0.3 is 9.47 Å². The van der Waals surface area contributed by atoms with Gasteiger partial charge in [0.05, 0.1) is 6.61 Å². The molecular weight excluding hydrogens is 276 g/mol. The van der Waals surface area contributed by atoms with Gasteiger partial charge in [0.2, 0.25) is 0 Å². The van der Waals surface area contributed by atoms with Crippen molar-refractivity contribution in [3.8, 4) is 5.75 Å². The highest BCUT2D eigenvalue weighted by Gasteiger charge is 2.15. The number of ether oxygens (including phenoxy) is 2. The standard InChI is InChI=1S/C11H11BrO4/c1-3-15-11(14)9-5-4-8(12)6-10(9)16-7(2)13/h4-6H,3H2,1-2H3. The van der Waals surface area contributed by atoms with Gasteiger partial charge in [0.15, 0.2) is 0 Å². The number of halogens is 1. The summed E-state index contributed by atoms with van der Waals surface area (Å²) in [5, 5.41) is 0. The second-order valence-corrected chi connectivity index (χ2v) is 3.87. The van der Waals surface area contributed by atoms with E-state index in [1.165, 1.54) is 6.92 Å². The minimum absolute atomic E-state index is 0.195. The first-order valence-electron chi connectivity index (χ1n) is 4.69. The van der Waals surface area contributed by atoms with E-state index in [4.69, 9.17) is 9.47 Å². The third-order valence-corrected chi connectivity index (χ3v) is 2.19. The molecule has 1 aromatic rings. The first-order chi connectivity index (χ1) is 7.54. The number of carbonyl (C=O) groups excluding carboxylic acids is 2. The minimum Gasteiger partial charge on any atom is -0.462 e. The highest BCUT2D eigenvalue weighted by atomic mass is 79.9. The number of benzene rings is 1. The highest BCUT2D eigenvalue weighted by molar-refractivity contribution is 9.10. The number of esters is 2. The third kappa shape index (κ3) is 3.34. The molecule has 0 aliphatic heterocycles. The Morgan fingerprint density at radius 2 is 2.06 bits per heavy atom. The summed E-state index contributed by atoms with van der Waals surface area (Å²) in [5.41, 5.74) is 0.236. The Morgan fingerprint density at radius 1 is 1.38 bits per heavy atom. The summed E-state index contributed by atoms with van der Waals surface area (Å²) in [4.78, 5) is 22.4. The molecule has 0 atom stereocenters. The van der Waals surface area contributed by atoms with Crippen LogP contribution in [-0.2, 0) is 9.53 Å². The van der Waals surface area contributed by atoms with Crippen LogP contribution >= 0.6 is 15.9 Å². The minimum atomic E-state index is -0.508. The van der Waals surface area contributed by atoms with Crippen LogP contribution in [0.25, 0.3) is 0 Å². The maximum absolute atomic E-state index is 11.5. The number of hydrogen-bond acceptors (Lipinski definition) is 4. The fraction of sp³-hybridized carbons (Fsp3) is 0.273. The molecule has 0 heterocycles.